The first-order chi connectivity index (χ1) is 9.66. The lowest BCUT2D eigenvalue weighted by Crippen LogP contribution is -2.56. The molecule has 0 spiro atoms. The van der Waals surface area contributed by atoms with Crippen molar-refractivity contribution in [3.63, 3.8) is 0 Å². The van der Waals surface area contributed by atoms with Crippen LogP contribution in [-0.2, 0) is 9.53 Å². The summed E-state index contributed by atoms with van der Waals surface area (Å²) in [5.74, 6) is -0.802. The van der Waals surface area contributed by atoms with Crippen LogP contribution in [0, 0.1) is 0 Å². The lowest BCUT2D eigenvalue weighted by molar-refractivity contribution is -0.137. The van der Waals surface area contributed by atoms with Gasteiger partial charge in [-0.25, -0.2) is 9.80 Å². The summed E-state index contributed by atoms with van der Waals surface area (Å²) < 4.78 is 5.24. The Morgan fingerprint density at radius 2 is 1.95 bits per heavy atom. The van der Waals surface area contributed by atoms with Gasteiger partial charge in [-0.15, -0.1) is 0 Å². The van der Waals surface area contributed by atoms with Gasteiger partial charge in [0.2, 0.25) is 0 Å². The summed E-state index contributed by atoms with van der Waals surface area (Å²) in [5, 5.41) is 10.7. The largest absolute Gasteiger partial charge is 0.481 e. The highest BCUT2D eigenvalue weighted by molar-refractivity contribution is 5.74. The predicted molar refractivity (Wildman–Crippen MR) is 72.1 cm³/mol. The quantitative estimate of drug-likeness (QED) is 0.793. The Bertz CT molecular complexity index is 345. The van der Waals surface area contributed by atoms with E-state index in [2.05, 4.69) is 5.43 Å². The first-order valence-corrected chi connectivity index (χ1v) is 7.28. The number of urea groups is 1. The van der Waals surface area contributed by atoms with Gasteiger partial charge in [0.15, 0.2) is 0 Å². The number of hydrazine groups is 1. The van der Waals surface area contributed by atoms with Gasteiger partial charge >= 0.3 is 12.0 Å². The molecule has 0 aromatic carbocycles. The second-order valence-corrected chi connectivity index (χ2v) is 5.29. The van der Waals surface area contributed by atoms with Gasteiger partial charge in [-0.2, -0.15) is 0 Å². The summed E-state index contributed by atoms with van der Waals surface area (Å²) in [6.07, 6.45) is 3.59. The van der Waals surface area contributed by atoms with Crippen LogP contribution in [0.4, 0.5) is 4.79 Å². The molecule has 2 rings (SSSR count). The topological polar surface area (TPSA) is 82.1 Å². The molecule has 7 heteroatoms. The monoisotopic (exact) mass is 285 g/mol. The van der Waals surface area contributed by atoms with Crippen molar-refractivity contribution < 1.29 is 19.4 Å². The fraction of sp³-hybridized carbons (Fsp3) is 0.846. The molecule has 20 heavy (non-hydrogen) atoms. The fourth-order valence-electron chi connectivity index (χ4n) is 2.73. The smallest absolute Gasteiger partial charge is 0.332 e. The van der Waals surface area contributed by atoms with Crippen LogP contribution >= 0.6 is 0 Å². The summed E-state index contributed by atoms with van der Waals surface area (Å²) in [5.41, 5.74) is 2.90. The molecule has 0 aromatic rings. The molecule has 114 valence electrons. The van der Waals surface area contributed by atoms with Crippen LogP contribution in [0.15, 0.2) is 0 Å². The number of rotatable bonds is 4. The number of nitrogens with zero attached hydrogens (tertiary/aromatic N) is 2. The molecule has 2 N–H and O–H groups in total. The van der Waals surface area contributed by atoms with Gasteiger partial charge < -0.3 is 14.7 Å². The first kappa shape index (κ1) is 15.1. The molecular weight excluding hydrogens is 262 g/mol. The van der Waals surface area contributed by atoms with Crippen LogP contribution < -0.4 is 5.43 Å². The Kier molecular flexibility index (Phi) is 5.60. The minimum Gasteiger partial charge on any atom is -0.481 e. The van der Waals surface area contributed by atoms with E-state index in [0.29, 0.717) is 39.3 Å². The number of carbonyl (C=O) groups excluding carboxylic acids is 1. The van der Waals surface area contributed by atoms with E-state index < -0.39 is 5.97 Å². The molecular formula is C13H23N3O4. The highest BCUT2D eigenvalue weighted by Crippen LogP contribution is 2.21. The molecule has 2 heterocycles. The Morgan fingerprint density at radius 3 is 2.65 bits per heavy atom. The number of hydrogen-bond acceptors (Lipinski definition) is 4. The average molecular weight is 285 g/mol. The maximum absolute atomic E-state index is 12.3. The molecule has 1 atom stereocenters. The van der Waals surface area contributed by atoms with Crippen molar-refractivity contribution in [3.8, 4) is 0 Å². The number of piperidine rings is 1. The van der Waals surface area contributed by atoms with Crippen molar-refractivity contribution in [2.45, 2.75) is 38.1 Å². The van der Waals surface area contributed by atoms with Crippen LogP contribution in [0.5, 0.6) is 0 Å². The van der Waals surface area contributed by atoms with Gasteiger partial charge in [0.25, 0.3) is 0 Å². The van der Waals surface area contributed by atoms with Crippen molar-refractivity contribution in [3.05, 3.63) is 0 Å². The maximum Gasteiger partial charge on any atom is 0.332 e. The third-order valence-corrected chi connectivity index (χ3v) is 3.84. The minimum absolute atomic E-state index is 0.0425. The van der Waals surface area contributed by atoms with E-state index in [1.54, 1.807) is 4.90 Å². The summed E-state index contributed by atoms with van der Waals surface area (Å²) >= 11 is 0. The van der Waals surface area contributed by atoms with E-state index in [4.69, 9.17) is 9.84 Å². The molecule has 1 unspecified atom stereocenters. The predicted octanol–water partition coefficient (Wildman–Crippen LogP) is 0.662. The second kappa shape index (κ2) is 7.44. The Labute approximate surface area is 118 Å². The molecule has 0 aliphatic carbocycles. The van der Waals surface area contributed by atoms with E-state index in [1.807, 2.05) is 5.01 Å². The fourth-order valence-corrected chi connectivity index (χ4v) is 2.73. The van der Waals surface area contributed by atoms with Crippen molar-refractivity contribution in [2.24, 2.45) is 0 Å². The number of nitrogens with one attached hydrogen (secondary N) is 1. The van der Waals surface area contributed by atoms with Crippen molar-refractivity contribution in [1.82, 2.24) is 15.3 Å². The van der Waals surface area contributed by atoms with E-state index in [9.17, 15) is 9.59 Å². The number of ether oxygens (including phenoxy) is 1. The molecule has 0 bridgehead atoms. The van der Waals surface area contributed by atoms with E-state index >= 15 is 0 Å². The summed E-state index contributed by atoms with van der Waals surface area (Å²) in [7, 11) is 0. The molecule has 2 amide bonds. The zero-order chi connectivity index (χ0) is 14.4. The van der Waals surface area contributed by atoms with Gasteiger partial charge in [-0.05, 0) is 25.7 Å². The summed E-state index contributed by atoms with van der Waals surface area (Å²) in [4.78, 5) is 24.8. The van der Waals surface area contributed by atoms with Gasteiger partial charge in [0.05, 0.1) is 13.2 Å². The molecule has 2 fully saturated rings. The number of hydrogen-bond donors (Lipinski definition) is 2. The third-order valence-electron chi connectivity index (χ3n) is 3.84. The SMILES string of the molecule is O=C(O)CCC1CCCCN1C(=O)NN1CCOCC1. The standard InChI is InChI=1S/C13H23N3O4/c17-12(18)5-4-11-3-1-2-6-16(11)13(19)14-15-7-9-20-10-8-15/h11H,1-10H2,(H,14,19)(H,17,18). The normalized spacial score (nSPS) is 24.4. The molecule has 0 radical (unpaired) electrons. The van der Waals surface area contributed by atoms with Crippen LogP contribution in [0.25, 0.3) is 0 Å². The number of aliphatic carboxylic acids is 1. The van der Waals surface area contributed by atoms with Crippen LogP contribution in [0.2, 0.25) is 0 Å². The number of likely N-dealkylation sites (tertiary alicyclic amines) is 1. The molecule has 0 aromatic heterocycles. The molecule has 7 nitrogen and oxygen atoms in total. The average Bonchev–Trinajstić information content (AvgIpc) is 2.46. The van der Waals surface area contributed by atoms with Gasteiger partial charge in [0, 0.05) is 32.1 Å². The number of morpholine rings is 1. The Balaban J connectivity index is 1.85. The Hall–Kier alpha value is -1.34. The van der Waals surface area contributed by atoms with E-state index in [-0.39, 0.29) is 18.5 Å². The van der Waals surface area contributed by atoms with Gasteiger partial charge in [-0.3, -0.25) is 10.2 Å². The van der Waals surface area contributed by atoms with Crippen molar-refractivity contribution >= 4 is 12.0 Å². The zero-order valence-electron chi connectivity index (χ0n) is 11.7. The molecule has 2 aliphatic heterocycles. The Morgan fingerprint density at radius 1 is 1.20 bits per heavy atom. The molecule has 2 aliphatic rings. The van der Waals surface area contributed by atoms with E-state index in [0.717, 1.165) is 19.3 Å². The van der Waals surface area contributed by atoms with E-state index in [1.165, 1.54) is 0 Å². The number of carboxylic acids is 1. The zero-order valence-corrected chi connectivity index (χ0v) is 11.7. The first-order valence-electron chi connectivity index (χ1n) is 7.28. The van der Waals surface area contributed by atoms with Gasteiger partial charge in [0.1, 0.15) is 0 Å². The third kappa shape index (κ3) is 4.35. The second-order valence-electron chi connectivity index (χ2n) is 5.29. The van der Waals surface area contributed by atoms with Gasteiger partial charge in [-0.1, -0.05) is 0 Å². The highest BCUT2D eigenvalue weighted by atomic mass is 16.5. The van der Waals surface area contributed by atoms with Crippen LogP contribution in [0.3, 0.4) is 0 Å². The summed E-state index contributed by atoms with van der Waals surface area (Å²) in [6.45, 7) is 3.35. The maximum atomic E-state index is 12.3. The van der Waals surface area contributed by atoms with Crippen LogP contribution in [-0.4, -0.2) is 65.9 Å². The molecule has 2 saturated heterocycles. The van der Waals surface area contributed by atoms with Crippen LogP contribution in [0.1, 0.15) is 32.1 Å². The number of carbonyl (C=O) groups is 2. The summed E-state index contributed by atoms with van der Waals surface area (Å²) in [6, 6.07) is -0.0668. The molecule has 0 saturated carbocycles. The lowest BCUT2D eigenvalue weighted by Gasteiger charge is -2.37. The highest BCUT2D eigenvalue weighted by Gasteiger charge is 2.28. The lowest BCUT2D eigenvalue weighted by atomic mass is 9.98. The minimum atomic E-state index is -0.802. The number of carboxylic acid groups (broad SMARTS) is 1. The van der Waals surface area contributed by atoms with Crippen molar-refractivity contribution in [2.75, 3.05) is 32.8 Å². The number of amides is 2. The van der Waals surface area contributed by atoms with Crippen molar-refractivity contribution in [1.29, 1.82) is 0 Å².